The molecule has 0 saturated carbocycles. The second kappa shape index (κ2) is 4.69. The van der Waals surface area contributed by atoms with E-state index in [9.17, 15) is 0 Å². The Hall–Kier alpha value is -1.71. The minimum Gasteiger partial charge on any atom is -0.369 e. The number of rotatable bonds is 1. The third-order valence-corrected chi connectivity index (χ3v) is 4.01. The zero-order valence-corrected chi connectivity index (χ0v) is 12.6. The fraction of sp³-hybridized carbons (Fsp3) is 0.133. The molecule has 1 heterocycles. The SMILES string of the molecule is Cc1ccc2nc(N)n(-c3cc(Cl)c(C)cc3Cl)c2c1. The van der Waals surface area contributed by atoms with Crippen molar-refractivity contribution in [1.82, 2.24) is 9.55 Å². The number of aryl methyl sites for hydroxylation is 2. The van der Waals surface area contributed by atoms with E-state index in [1.54, 1.807) is 0 Å². The van der Waals surface area contributed by atoms with Crippen LogP contribution in [0, 0.1) is 13.8 Å². The summed E-state index contributed by atoms with van der Waals surface area (Å²) in [6, 6.07) is 9.63. The van der Waals surface area contributed by atoms with Gasteiger partial charge < -0.3 is 5.73 Å². The van der Waals surface area contributed by atoms with E-state index in [0.29, 0.717) is 16.0 Å². The molecule has 5 heteroatoms. The van der Waals surface area contributed by atoms with Gasteiger partial charge in [0, 0.05) is 5.02 Å². The average Bonchev–Trinajstić information content (AvgIpc) is 2.69. The van der Waals surface area contributed by atoms with Crippen molar-refractivity contribution in [3.63, 3.8) is 0 Å². The lowest BCUT2D eigenvalue weighted by molar-refractivity contribution is 1.11. The highest BCUT2D eigenvalue weighted by molar-refractivity contribution is 6.35. The Morgan fingerprint density at radius 2 is 1.80 bits per heavy atom. The van der Waals surface area contributed by atoms with Gasteiger partial charge in [-0.2, -0.15) is 0 Å². The lowest BCUT2D eigenvalue weighted by Gasteiger charge is -2.11. The van der Waals surface area contributed by atoms with Gasteiger partial charge in [-0.1, -0.05) is 29.3 Å². The molecule has 2 aromatic carbocycles. The van der Waals surface area contributed by atoms with Crippen molar-refractivity contribution in [2.75, 3.05) is 5.73 Å². The van der Waals surface area contributed by atoms with E-state index >= 15 is 0 Å². The lowest BCUT2D eigenvalue weighted by Crippen LogP contribution is -2.02. The number of nitrogen functional groups attached to an aromatic ring is 1. The van der Waals surface area contributed by atoms with Gasteiger partial charge in [0.15, 0.2) is 0 Å². The average molecular weight is 306 g/mol. The molecular weight excluding hydrogens is 293 g/mol. The smallest absolute Gasteiger partial charge is 0.205 e. The highest BCUT2D eigenvalue weighted by Gasteiger charge is 2.14. The number of imidazole rings is 1. The Balaban J connectivity index is 2.37. The van der Waals surface area contributed by atoms with Gasteiger partial charge in [0.2, 0.25) is 5.95 Å². The van der Waals surface area contributed by atoms with Gasteiger partial charge >= 0.3 is 0 Å². The van der Waals surface area contributed by atoms with Crippen LogP contribution in [-0.2, 0) is 0 Å². The molecule has 0 atom stereocenters. The van der Waals surface area contributed by atoms with E-state index in [0.717, 1.165) is 27.8 Å². The monoisotopic (exact) mass is 305 g/mol. The van der Waals surface area contributed by atoms with Gasteiger partial charge in [-0.05, 0) is 49.2 Å². The number of nitrogens with two attached hydrogens (primary N) is 1. The maximum Gasteiger partial charge on any atom is 0.205 e. The van der Waals surface area contributed by atoms with Gasteiger partial charge in [-0.25, -0.2) is 4.98 Å². The third kappa shape index (κ3) is 2.03. The van der Waals surface area contributed by atoms with E-state index in [1.165, 1.54) is 0 Å². The number of halogens is 2. The van der Waals surface area contributed by atoms with Crippen molar-refractivity contribution in [1.29, 1.82) is 0 Å². The first kappa shape index (κ1) is 13.3. The van der Waals surface area contributed by atoms with E-state index in [1.807, 2.05) is 48.7 Å². The number of anilines is 1. The van der Waals surface area contributed by atoms with Crippen molar-refractivity contribution >= 4 is 40.2 Å². The van der Waals surface area contributed by atoms with Crippen LogP contribution in [0.2, 0.25) is 10.0 Å². The van der Waals surface area contributed by atoms with Gasteiger partial charge in [0.25, 0.3) is 0 Å². The Bertz CT molecular complexity index is 822. The topological polar surface area (TPSA) is 43.8 Å². The summed E-state index contributed by atoms with van der Waals surface area (Å²) >= 11 is 12.5. The van der Waals surface area contributed by atoms with E-state index < -0.39 is 0 Å². The molecule has 2 N–H and O–H groups in total. The summed E-state index contributed by atoms with van der Waals surface area (Å²) in [7, 11) is 0. The number of nitrogens with zero attached hydrogens (tertiary/aromatic N) is 2. The maximum atomic E-state index is 6.34. The van der Waals surface area contributed by atoms with E-state index in [4.69, 9.17) is 28.9 Å². The van der Waals surface area contributed by atoms with Crippen LogP contribution in [0.3, 0.4) is 0 Å². The fourth-order valence-electron chi connectivity index (χ4n) is 2.26. The Morgan fingerprint density at radius 3 is 2.55 bits per heavy atom. The number of aromatic nitrogens is 2. The fourth-order valence-corrected chi connectivity index (χ4v) is 2.72. The second-order valence-corrected chi connectivity index (χ2v) is 5.66. The molecule has 102 valence electrons. The first-order chi connectivity index (χ1) is 9.47. The van der Waals surface area contributed by atoms with Gasteiger partial charge in [0.05, 0.1) is 21.7 Å². The summed E-state index contributed by atoms with van der Waals surface area (Å²) in [4.78, 5) is 4.36. The molecule has 0 amide bonds. The third-order valence-electron chi connectivity index (χ3n) is 3.30. The Kier molecular flexibility index (Phi) is 3.11. The molecule has 0 aliphatic heterocycles. The number of benzene rings is 2. The summed E-state index contributed by atoms with van der Waals surface area (Å²) in [5, 5.41) is 1.25. The molecule has 0 radical (unpaired) electrons. The van der Waals surface area contributed by atoms with Crippen LogP contribution in [0.5, 0.6) is 0 Å². The van der Waals surface area contributed by atoms with Gasteiger partial charge in [-0.15, -0.1) is 0 Å². The molecule has 0 unspecified atom stereocenters. The highest BCUT2D eigenvalue weighted by atomic mass is 35.5. The van der Waals surface area contributed by atoms with Crippen molar-refractivity contribution in [2.45, 2.75) is 13.8 Å². The second-order valence-electron chi connectivity index (χ2n) is 4.85. The van der Waals surface area contributed by atoms with Crippen LogP contribution in [0.15, 0.2) is 30.3 Å². The normalized spacial score (nSPS) is 11.2. The molecule has 3 aromatic rings. The minimum atomic E-state index is 0.396. The molecule has 0 aliphatic rings. The van der Waals surface area contributed by atoms with Crippen LogP contribution < -0.4 is 5.73 Å². The zero-order valence-electron chi connectivity index (χ0n) is 11.1. The highest BCUT2D eigenvalue weighted by Crippen LogP contribution is 2.32. The summed E-state index contributed by atoms with van der Waals surface area (Å²) in [5.41, 5.74) is 10.6. The summed E-state index contributed by atoms with van der Waals surface area (Å²) in [6.45, 7) is 3.94. The minimum absolute atomic E-state index is 0.396. The molecule has 0 bridgehead atoms. The predicted octanol–water partition coefficient (Wildman–Crippen LogP) is 4.53. The van der Waals surface area contributed by atoms with Gasteiger partial charge in [-0.3, -0.25) is 4.57 Å². The largest absolute Gasteiger partial charge is 0.369 e. The zero-order chi connectivity index (χ0) is 14.4. The van der Waals surface area contributed by atoms with E-state index in [2.05, 4.69) is 4.98 Å². The van der Waals surface area contributed by atoms with Crippen LogP contribution in [0.25, 0.3) is 16.7 Å². The number of hydrogen-bond donors (Lipinski definition) is 1. The van der Waals surface area contributed by atoms with E-state index in [-0.39, 0.29) is 0 Å². The molecule has 3 nitrogen and oxygen atoms in total. The molecule has 1 aromatic heterocycles. The predicted molar refractivity (Wildman–Crippen MR) is 85.0 cm³/mol. The lowest BCUT2D eigenvalue weighted by atomic mass is 10.2. The molecule has 20 heavy (non-hydrogen) atoms. The van der Waals surface area contributed by atoms with Crippen molar-refractivity contribution in [2.24, 2.45) is 0 Å². The molecule has 0 aliphatic carbocycles. The number of hydrogen-bond acceptors (Lipinski definition) is 2. The Morgan fingerprint density at radius 1 is 1.05 bits per heavy atom. The maximum absolute atomic E-state index is 6.34. The van der Waals surface area contributed by atoms with Crippen LogP contribution >= 0.6 is 23.2 Å². The van der Waals surface area contributed by atoms with Crippen LogP contribution in [-0.4, -0.2) is 9.55 Å². The Labute approximate surface area is 126 Å². The van der Waals surface area contributed by atoms with Crippen LogP contribution in [0.4, 0.5) is 5.95 Å². The molecule has 0 fully saturated rings. The summed E-state index contributed by atoms with van der Waals surface area (Å²) in [6.07, 6.45) is 0. The number of fused-ring (bicyclic) bond motifs is 1. The van der Waals surface area contributed by atoms with Crippen molar-refractivity contribution < 1.29 is 0 Å². The van der Waals surface area contributed by atoms with Crippen LogP contribution in [0.1, 0.15) is 11.1 Å². The molecular formula is C15H13Cl2N3. The summed E-state index contributed by atoms with van der Waals surface area (Å²) in [5.74, 6) is 0.396. The first-order valence-corrected chi connectivity index (χ1v) is 6.93. The molecule has 0 saturated heterocycles. The van der Waals surface area contributed by atoms with Gasteiger partial charge in [0.1, 0.15) is 0 Å². The van der Waals surface area contributed by atoms with Crippen molar-refractivity contribution in [3.05, 3.63) is 51.5 Å². The molecule has 0 spiro atoms. The standard InChI is InChI=1S/C15H13Cl2N3/c1-8-3-4-12-14(5-8)20(15(18)19-12)13-7-10(16)9(2)6-11(13)17/h3-7H,1-2H3,(H2,18,19). The summed E-state index contributed by atoms with van der Waals surface area (Å²) < 4.78 is 1.83. The molecule has 3 rings (SSSR count). The quantitative estimate of drug-likeness (QED) is 0.717. The first-order valence-electron chi connectivity index (χ1n) is 6.18. The van der Waals surface area contributed by atoms with Crippen molar-refractivity contribution in [3.8, 4) is 5.69 Å².